The Labute approximate surface area is 340 Å². The molecule has 6 rings (SSSR count). The van der Waals surface area contributed by atoms with Crippen LogP contribution >= 0.6 is 0 Å². The summed E-state index contributed by atoms with van der Waals surface area (Å²) in [5.41, 5.74) is -0.166. The molecule has 0 N–H and O–H groups in total. The molecule has 6 aliphatic rings. The van der Waals surface area contributed by atoms with E-state index in [0.717, 1.165) is 85.1 Å². The summed E-state index contributed by atoms with van der Waals surface area (Å²) in [7, 11) is 0. The van der Waals surface area contributed by atoms with E-state index in [1.165, 1.54) is 0 Å². The molecular weight excluding hydrogens is 744 g/mol. The van der Waals surface area contributed by atoms with E-state index in [1.807, 2.05) is 0 Å². The Balaban J connectivity index is 1.03. The molecule has 0 aromatic heterocycles. The van der Waals surface area contributed by atoms with Crippen molar-refractivity contribution in [1.82, 2.24) is 0 Å². The van der Waals surface area contributed by atoms with Crippen LogP contribution in [0.1, 0.15) is 53.4 Å². The van der Waals surface area contributed by atoms with Crippen LogP contribution in [-0.4, -0.2) is 195 Å². The maximum absolute atomic E-state index is 6.51. The zero-order valence-electron chi connectivity index (χ0n) is 35.4. The zero-order valence-corrected chi connectivity index (χ0v) is 35.4. The summed E-state index contributed by atoms with van der Waals surface area (Å²) in [6, 6.07) is 0. The van der Waals surface area contributed by atoms with Crippen LogP contribution in [0.4, 0.5) is 0 Å². The number of ether oxygens (including phenoxy) is 15. The van der Waals surface area contributed by atoms with Crippen LogP contribution in [0.15, 0.2) is 0 Å². The van der Waals surface area contributed by atoms with Crippen molar-refractivity contribution < 1.29 is 71.1 Å². The maximum atomic E-state index is 6.51. The molecule has 6 heterocycles. The van der Waals surface area contributed by atoms with Crippen LogP contribution in [0.5, 0.6) is 0 Å². The van der Waals surface area contributed by atoms with Gasteiger partial charge in [0.1, 0.15) is 36.6 Å². The average molecular weight is 819 g/mol. The minimum atomic E-state index is -0.457. The highest BCUT2D eigenvalue weighted by atomic mass is 16.6. The number of epoxide rings is 3. The smallest absolute Gasteiger partial charge is 0.104 e. The lowest BCUT2D eigenvalue weighted by atomic mass is 9.84. The average Bonchev–Trinajstić information content (AvgIpc) is 4.02. The molecule has 6 fully saturated rings. The van der Waals surface area contributed by atoms with Gasteiger partial charge in [-0.05, 0) is 25.7 Å². The highest BCUT2D eigenvalue weighted by Crippen LogP contribution is 2.33. The van der Waals surface area contributed by atoms with E-state index in [-0.39, 0.29) is 52.9 Å². The molecule has 332 valence electrons. The highest BCUT2D eigenvalue weighted by Gasteiger charge is 2.40. The van der Waals surface area contributed by atoms with Crippen molar-refractivity contribution in [2.24, 2.45) is 21.7 Å². The van der Waals surface area contributed by atoms with Gasteiger partial charge in [-0.2, -0.15) is 0 Å². The molecule has 0 aromatic carbocycles. The first-order chi connectivity index (χ1) is 27.8. The van der Waals surface area contributed by atoms with Gasteiger partial charge in [0, 0.05) is 21.7 Å². The second-order valence-corrected chi connectivity index (χ2v) is 17.7. The maximum Gasteiger partial charge on any atom is 0.104 e. The molecular formula is C42H74O15. The van der Waals surface area contributed by atoms with Gasteiger partial charge in [-0.1, -0.05) is 27.7 Å². The predicted molar refractivity (Wildman–Crippen MR) is 207 cm³/mol. The van der Waals surface area contributed by atoms with Gasteiger partial charge < -0.3 is 71.1 Å². The van der Waals surface area contributed by atoms with Gasteiger partial charge in [-0.25, -0.2) is 0 Å². The van der Waals surface area contributed by atoms with Crippen molar-refractivity contribution in [3.05, 3.63) is 0 Å². The summed E-state index contributed by atoms with van der Waals surface area (Å²) >= 11 is 0. The fourth-order valence-corrected chi connectivity index (χ4v) is 6.87. The lowest BCUT2D eigenvalue weighted by molar-refractivity contribution is -0.168. The summed E-state index contributed by atoms with van der Waals surface area (Å²) in [5, 5.41) is 0. The summed E-state index contributed by atoms with van der Waals surface area (Å²) in [6.45, 7) is 22.5. The summed E-state index contributed by atoms with van der Waals surface area (Å²) in [6.07, 6.45) is 3.55. The molecule has 6 atom stereocenters. The summed E-state index contributed by atoms with van der Waals surface area (Å²) < 4.78 is 89.7. The molecule has 0 spiro atoms. The van der Waals surface area contributed by atoms with E-state index >= 15 is 0 Å². The summed E-state index contributed by atoms with van der Waals surface area (Å²) in [5.74, 6) is 0. The van der Waals surface area contributed by atoms with Crippen LogP contribution in [0.3, 0.4) is 0 Å². The van der Waals surface area contributed by atoms with Gasteiger partial charge in [0.15, 0.2) is 0 Å². The van der Waals surface area contributed by atoms with E-state index in [9.17, 15) is 0 Å². The first-order valence-corrected chi connectivity index (χ1v) is 21.7. The van der Waals surface area contributed by atoms with Gasteiger partial charge in [-0.3, -0.25) is 0 Å². The molecule has 6 unspecified atom stereocenters. The number of hydrogen-bond donors (Lipinski definition) is 0. The third-order valence-electron chi connectivity index (χ3n) is 12.5. The van der Waals surface area contributed by atoms with Gasteiger partial charge in [0.25, 0.3) is 0 Å². The lowest BCUT2D eigenvalue weighted by Crippen LogP contribution is -2.46. The Kier molecular flexibility index (Phi) is 18.5. The Morgan fingerprint density at radius 3 is 0.947 bits per heavy atom. The normalized spacial score (nSPS) is 27.7. The van der Waals surface area contributed by atoms with Crippen molar-refractivity contribution in [2.45, 2.75) is 90.0 Å². The van der Waals surface area contributed by atoms with Crippen molar-refractivity contribution >= 4 is 0 Å². The lowest BCUT2D eigenvalue weighted by Gasteiger charge is -2.40. The Morgan fingerprint density at radius 1 is 0.456 bits per heavy atom. The molecule has 15 heteroatoms. The molecule has 0 amide bonds. The van der Waals surface area contributed by atoms with Crippen molar-refractivity contribution in [3.63, 3.8) is 0 Å². The van der Waals surface area contributed by atoms with E-state index in [2.05, 4.69) is 27.7 Å². The van der Waals surface area contributed by atoms with E-state index < -0.39 is 5.41 Å². The minimum absolute atomic E-state index is 0.0969. The fraction of sp³-hybridized carbons (Fsp3) is 1.00. The van der Waals surface area contributed by atoms with E-state index in [4.69, 9.17) is 71.1 Å². The van der Waals surface area contributed by atoms with Crippen LogP contribution in [0, 0.1) is 21.7 Å². The second-order valence-electron chi connectivity index (χ2n) is 17.7. The Morgan fingerprint density at radius 2 is 0.737 bits per heavy atom. The highest BCUT2D eigenvalue weighted by molar-refractivity contribution is 4.86. The standard InChI is InChI=1S/C42H74O15/c1-5-39(21-43-9-33(52-15-36-18-55-36)12-46-24-40(6-2)27-49-28-40,22-44-10-34(53-16-37-19-56-37)13-47-25-41(7-3)29-50-30-41)23-45-11-35(54-17-38-20-57-38)14-48-26-42(8-4)31-51-32-42/h33-38H,5-32H2,1-4H3. The van der Waals surface area contributed by atoms with Crippen LogP contribution < -0.4 is 0 Å². The SMILES string of the molecule is CCC(COCC(COCC1(CC)COC1)OCC1CO1)(COCC(COCC1(CC)COC1)OCC1CO1)COCC(COCC1(CC)COC1)OCC1CO1. The van der Waals surface area contributed by atoms with Crippen molar-refractivity contribution in [3.8, 4) is 0 Å². The molecule has 0 aliphatic carbocycles. The van der Waals surface area contributed by atoms with E-state index in [0.29, 0.717) is 99.1 Å². The Bertz CT molecular complexity index is 957. The monoisotopic (exact) mass is 819 g/mol. The first kappa shape index (κ1) is 45.9. The second kappa shape index (κ2) is 23.0. The molecule has 6 aliphatic heterocycles. The van der Waals surface area contributed by atoms with Gasteiger partial charge in [0.05, 0.1) is 159 Å². The molecule has 15 nitrogen and oxygen atoms in total. The van der Waals surface area contributed by atoms with Crippen molar-refractivity contribution in [2.75, 3.05) is 159 Å². The molecule has 0 saturated carbocycles. The number of hydrogen-bond acceptors (Lipinski definition) is 15. The minimum Gasteiger partial charge on any atom is -0.380 e. The fourth-order valence-electron chi connectivity index (χ4n) is 6.87. The van der Waals surface area contributed by atoms with Gasteiger partial charge in [0.2, 0.25) is 0 Å². The van der Waals surface area contributed by atoms with Crippen molar-refractivity contribution in [1.29, 1.82) is 0 Å². The predicted octanol–water partition coefficient (Wildman–Crippen LogP) is 3.11. The molecule has 0 bridgehead atoms. The topological polar surface area (TPSA) is 148 Å². The quantitative estimate of drug-likeness (QED) is 0.0846. The molecule has 6 saturated heterocycles. The third kappa shape index (κ3) is 15.4. The van der Waals surface area contributed by atoms with Crippen LogP contribution in [-0.2, 0) is 71.1 Å². The molecule has 0 aromatic rings. The molecule has 57 heavy (non-hydrogen) atoms. The largest absolute Gasteiger partial charge is 0.380 e. The first-order valence-electron chi connectivity index (χ1n) is 21.7. The van der Waals surface area contributed by atoms with Crippen LogP contribution in [0.25, 0.3) is 0 Å². The zero-order chi connectivity index (χ0) is 39.9. The van der Waals surface area contributed by atoms with Gasteiger partial charge >= 0.3 is 0 Å². The summed E-state index contributed by atoms with van der Waals surface area (Å²) in [4.78, 5) is 0. The number of rotatable bonds is 37. The molecule has 0 radical (unpaired) electrons. The van der Waals surface area contributed by atoms with Gasteiger partial charge in [-0.15, -0.1) is 0 Å². The van der Waals surface area contributed by atoms with E-state index in [1.54, 1.807) is 0 Å². The van der Waals surface area contributed by atoms with Crippen LogP contribution in [0.2, 0.25) is 0 Å². The third-order valence-corrected chi connectivity index (χ3v) is 12.5. The Hall–Kier alpha value is -0.600.